The lowest BCUT2D eigenvalue weighted by Gasteiger charge is -2.51. The number of hydrogen-bond acceptors (Lipinski definition) is 2. The zero-order chi connectivity index (χ0) is 26.4. The molecule has 0 saturated carbocycles. The maximum Gasteiger partial charge on any atom is 0.254 e. The van der Waals surface area contributed by atoms with Crippen LogP contribution in [0.3, 0.4) is 0 Å². The Morgan fingerprint density at radius 1 is 1.32 bits per heavy atom. The van der Waals surface area contributed by atoms with Gasteiger partial charge >= 0.3 is 0 Å². The Hall–Kier alpha value is -1.35. The van der Waals surface area contributed by atoms with Gasteiger partial charge in [0.05, 0.1) is 2.74 Å². The van der Waals surface area contributed by atoms with E-state index in [0.29, 0.717) is 4.90 Å². The Kier molecular flexibility index (Phi) is 1.23. The molecule has 3 fully saturated rings. The highest BCUT2D eigenvalue weighted by Crippen LogP contribution is 2.41. The van der Waals surface area contributed by atoms with Crippen molar-refractivity contribution in [2.24, 2.45) is 5.92 Å². The molecule has 5 aliphatic rings. The minimum Gasteiger partial charge on any atom is -0.333 e. The third kappa shape index (κ3) is 1.81. The molecule has 22 heavy (non-hydrogen) atoms. The van der Waals surface area contributed by atoms with Crippen LogP contribution in [0.1, 0.15) is 70.7 Å². The molecule has 4 atom stereocenters. The molecular weight excluding hydrogens is 272 g/mol. The van der Waals surface area contributed by atoms with Crippen molar-refractivity contribution in [3.05, 3.63) is 34.9 Å². The van der Waals surface area contributed by atoms with E-state index < -0.39 is 73.4 Å². The van der Waals surface area contributed by atoms with Gasteiger partial charge in [-0.2, -0.15) is 0 Å². The van der Waals surface area contributed by atoms with E-state index in [2.05, 4.69) is 0 Å². The maximum absolute atomic E-state index is 13.8. The molecule has 0 radical (unpaired) electrons. The molecule has 1 unspecified atom stereocenters. The second kappa shape index (κ2) is 4.82. The largest absolute Gasteiger partial charge is 0.333 e. The first-order chi connectivity index (χ1) is 15.7. The molecule has 4 aliphatic heterocycles. The van der Waals surface area contributed by atoms with E-state index >= 15 is 0 Å². The minimum absolute atomic E-state index is 0.102. The van der Waals surface area contributed by atoms with Gasteiger partial charge in [-0.1, -0.05) is 12.1 Å². The average Bonchev–Trinajstić information content (AvgIpc) is 2.74. The van der Waals surface area contributed by atoms with Crippen LogP contribution >= 0.6 is 0 Å². The van der Waals surface area contributed by atoms with Crippen LogP contribution in [0, 0.1) is 5.92 Å². The molecule has 1 aliphatic carbocycles. The quantitative estimate of drug-likeness (QED) is 0.796. The summed E-state index contributed by atoms with van der Waals surface area (Å²) in [6.45, 7) is -5.68. The molecule has 3 heteroatoms. The lowest BCUT2D eigenvalue weighted by Crippen LogP contribution is -2.60. The Morgan fingerprint density at radius 2 is 2.27 bits per heavy atom. The summed E-state index contributed by atoms with van der Waals surface area (Å²) in [6, 6.07) is 2.36. The number of carbonyl (C=O) groups is 1. The van der Waals surface area contributed by atoms with Gasteiger partial charge in [0.15, 0.2) is 0 Å². The summed E-state index contributed by atoms with van der Waals surface area (Å²) < 4.78 is 111. The van der Waals surface area contributed by atoms with Crippen molar-refractivity contribution in [3.8, 4) is 0 Å². The second-order valence-corrected chi connectivity index (χ2v) is 5.93. The number of nitrogens with zero attached hydrogens (tertiary/aromatic N) is 2. The molecule has 4 heterocycles. The maximum atomic E-state index is 13.8. The minimum atomic E-state index is -3.46. The molecule has 0 N–H and O–H groups in total. The molecule has 3 nitrogen and oxygen atoms in total. The normalized spacial score (nSPS) is 62.2. The smallest absolute Gasteiger partial charge is 0.254 e. The van der Waals surface area contributed by atoms with Crippen molar-refractivity contribution in [2.75, 3.05) is 26.1 Å². The first-order valence-electron chi connectivity index (χ1n) is 13.9. The van der Waals surface area contributed by atoms with Crippen LogP contribution in [-0.4, -0.2) is 47.8 Å². The third-order valence-corrected chi connectivity index (χ3v) is 4.70. The van der Waals surface area contributed by atoms with Crippen molar-refractivity contribution in [1.82, 2.24) is 9.80 Å². The summed E-state index contributed by atoms with van der Waals surface area (Å²) in [5.74, 6) is -5.25. The number of carbonyl (C=O) groups excluding carboxylic acids is 1. The molecular formula is C19H24N2O. The predicted octanol–water partition coefficient (Wildman–Crippen LogP) is 2.66. The van der Waals surface area contributed by atoms with Crippen molar-refractivity contribution in [3.63, 3.8) is 0 Å². The topological polar surface area (TPSA) is 23.6 Å². The number of hydrogen-bond donors (Lipinski definition) is 0. The Bertz CT molecular complexity index is 1140. The highest BCUT2D eigenvalue weighted by Gasteiger charge is 2.43. The fourth-order valence-corrected chi connectivity index (χ4v) is 3.58. The molecule has 0 aromatic heterocycles. The summed E-state index contributed by atoms with van der Waals surface area (Å²) in [4.78, 5) is 15.6. The summed E-state index contributed by atoms with van der Waals surface area (Å²) in [5, 5.41) is 0. The zero-order valence-electron chi connectivity index (χ0n) is 24.8. The summed E-state index contributed by atoms with van der Waals surface area (Å²) in [7, 11) is 0. The summed E-state index contributed by atoms with van der Waals surface area (Å²) in [5.41, 5.74) is -1.35. The van der Waals surface area contributed by atoms with Crippen molar-refractivity contribution in [2.45, 2.75) is 43.8 Å². The van der Waals surface area contributed by atoms with Gasteiger partial charge in [-0.15, -0.1) is 0 Å². The van der Waals surface area contributed by atoms with Crippen LogP contribution < -0.4 is 0 Å². The number of amides is 1. The molecule has 2 bridgehead atoms. The van der Waals surface area contributed by atoms with Gasteiger partial charge < -0.3 is 9.80 Å². The Balaban J connectivity index is 1.79. The fourth-order valence-electron chi connectivity index (χ4n) is 3.58. The Labute approximate surface area is 150 Å². The summed E-state index contributed by atoms with van der Waals surface area (Å²) >= 11 is 0. The number of fused-ring (bicyclic) bond motifs is 3. The van der Waals surface area contributed by atoms with Gasteiger partial charge in [0.1, 0.15) is 0 Å². The van der Waals surface area contributed by atoms with Crippen molar-refractivity contribution in [1.29, 1.82) is 0 Å². The van der Waals surface area contributed by atoms with Gasteiger partial charge in [0.2, 0.25) is 0 Å². The molecule has 1 aromatic rings. The molecule has 116 valence electrons. The van der Waals surface area contributed by atoms with E-state index in [-0.39, 0.29) is 25.1 Å². The number of benzene rings is 1. The van der Waals surface area contributed by atoms with Crippen LogP contribution in [0.5, 0.6) is 0 Å². The van der Waals surface area contributed by atoms with Crippen molar-refractivity contribution < 1.29 is 22.6 Å². The summed E-state index contributed by atoms with van der Waals surface area (Å²) in [6.07, 6.45) is -12.2. The Morgan fingerprint density at radius 3 is 3.18 bits per heavy atom. The fraction of sp³-hybridized carbons (Fsp3) is 0.632. The number of rotatable bonds is 1. The number of aryl methyl sites for hydroxylation is 1. The van der Waals surface area contributed by atoms with Gasteiger partial charge in [0, 0.05) is 45.6 Å². The van der Waals surface area contributed by atoms with E-state index in [4.69, 9.17) is 16.4 Å². The predicted molar refractivity (Wildman–Crippen MR) is 86.1 cm³/mol. The second-order valence-electron chi connectivity index (χ2n) is 5.93. The highest BCUT2D eigenvalue weighted by atomic mass is 16.2. The van der Waals surface area contributed by atoms with Gasteiger partial charge in [-0.3, -0.25) is 4.79 Å². The van der Waals surface area contributed by atoms with Crippen LogP contribution in [0.25, 0.3) is 0 Å². The van der Waals surface area contributed by atoms with Gasteiger partial charge in [-0.05, 0) is 68.1 Å². The molecule has 6 rings (SSSR count). The average molecular weight is 309 g/mol. The van der Waals surface area contributed by atoms with E-state index in [1.807, 2.05) is 0 Å². The van der Waals surface area contributed by atoms with Crippen LogP contribution in [0.15, 0.2) is 18.2 Å². The molecule has 3 saturated heterocycles. The van der Waals surface area contributed by atoms with E-state index in [0.717, 1.165) is 6.07 Å². The van der Waals surface area contributed by atoms with E-state index in [1.165, 1.54) is 17.0 Å². The lowest BCUT2D eigenvalue weighted by molar-refractivity contribution is 0.00258. The highest BCUT2D eigenvalue weighted by molar-refractivity contribution is 5.97. The first-order valence-corrected chi connectivity index (χ1v) is 7.45. The van der Waals surface area contributed by atoms with E-state index in [9.17, 15) is 6.17 Å². The molecule has 0 spiro atoms. The van der Waals surface area contributed by atoms with Crippen LogP contribution in [0.4, 0.5) is 0 Å². The molecule has 1 amide bonds. The van der Waals surface area contributed by atoms with Gasteiger partial charge in [0.25, 0.3) is 5.91 Å². The number of piperidine rings is 3. The molecule has 1 aromatic carbocycles. The zero-order valence-corrected chi connectivity index (χ0v) is 11.8. The first kappa shape index (κ1) is 5.62. The standard InChI is InChI=1S/C19H24N2O/c22-19-16-6-2-4-14-3-1-5-15(18(14)16)11-21(19)17-12-20-9-7-13(17)8-10-20/h2,4,6,13,15,17H,1,3,5,7-12H2/t15-,17-/m1/s1/i1D2,3D2,5D2,7D2,9D2,11D2,15D/t13-,15-,17-. The van der Waals surface area contributed by atoms with Crippen LogP contribution in [-0.2, 0) is 6.37 Å². The SMILES string of the molecule is [2H]C1([2H])c2cccc3c2[C@@]([2H])(C([2H])([2H])N([C@@H]2CN4CC[C@H]2C([2H])([2H])C4([2H])[2H])C3=O)C([2H])([2H])C1([2H])[2H]. The van der Waals surface area contributed by atoms with Gasteiger partial charge in [-0.25, -0.2) is 0 Å². The third-order valence-electron chi connectivity index (χ3n) is 4.70. The van der Waals surface area contributed by atoms with E-state index in [1.54, 1.807) is 0 Å². The lowest BCUT2D eigenvalue weighted by atomic mass is 9.75. The van der Waals surface area contributed by atoms with Crippen molar-refractivity contribution >= 4 is 5.91 Å². The van der Waals surface area contributed by atoms with Crippen LogP contribution in [0.2, 0.25) is 0 Å². The monoisotopic (exact) mass is 309 g/mol.